The summed E-state index contributed by atoms with van der Waals surface area (Å²) in [5.74, 6) is 0.225. The van der Waals surface area contributed by atoms with Crippen molar-refractivity contribution >= 4 is 10.2 Å². The molecule has 1 fully saturated rings. The molecule has 112 valence electrons. The Bertz CT molecular complexity index is 513. The third kappa shape index (κ3) is 3.54. The zero-order valence-corrected chi connectivity index (χ0v) is 12.5. The van der Waals surface area contributed by atoms with Crippen molar-refractivity contribution in [1.29, 1.82) is 0 Å². The quantitative estimate of drug-likeness (QED) is 0.857. The lowest BCUT2D eigenvalue weighted by Crippen LogP contribution is -2.45. The molecular formula is C13H21N3O3S. The van der Waals surface area contributed by atoms with Crippen LogP contribution in [0.4, 0.5) is 0 Å². The van der Waals surface area contributed by atoms with Gasteiger partial charge in [0.05, 0.1) is 12.2 Å². The molecule has 20 heavy (non-hydrogen) atoms. The van der Waals surface area contributed by atoms with Crippen LogP contribution in [0.1, 0.15) is 18.5 Å². The largest absolute Gasteiger partial charge is 0.396 e. The highest BCUT2D eigenvalue weighted by Crippen LogP contribution is 2.21. The first kappa shape index (κ1) is 15.4. The lowest BCUT2D eigenvalue weighted by atomic mass is 10.00. The molecule has 1 saturated heterocycles. The van der Waals surface area contributed by atoms with Crippen molar-refractivity contribution in [2.24, 2.45) is 5.92 Å². The number of aliphatic hydroxyl groups excluding tert-OH is 1. The number of nitrogens with zero attached hydrogens (tertiary/aromatic N) is 3. The molecule has 1 aliphatic rings. The van der Waals surface area contributed by atoms with Crippen LogP contribution in [-0.2, 0) is 16.8 Å². The fourth-order valence-corrected chi connectivity index (χ4v) is 3.68. The van der Waals surface area contributed by atoms with E-state index in [1.807, 2.05) is 12.1 Å². The zero-order chi connectivity index (χ0) is 14.6. The number of aliphatic hydroxyl groups is 1. The van der Waals surface area contributed by atoms with E-state index in [1.165, 1.54) is 8.61 Å². The fraction of sp³-hybridized carbons (Fsp3) is 0.615. The Morgan fingerprint density at radius 1 is 1.40 bits per heavy atom. The summed E-state index contributed by atoms with van der Waals surface area (Å²) in [6.45, 7) is 1.35. The third-order valence-electron chi connectivity index (χ3n) is 3.66. The second-order valence-corrected chi connectivity index (χ2v) is 7.15. The number of hydrogen-bond donors (Lipinski definition) is 1. The molecule has 0 spiro atoms. The van der Waals surface area contributed by atoms with Crippen LogP contribution >= 0.6 is 0 Å². The van der Waals surface area contributed by atoms with Gasteiger partial charge < -0.3 is 5.11 Å². The van der Waals surface area contributed by atoms with Crippen LogP contribution in [0.3, 0.4) is 0 Å². The molecule has 1 aliphatic heterocycles. The van der Waals surface area contributed by atoms with Gasteiger partial charge in [0.25, 0.3) is 10.2 Å². The van der Waals surface area contributed by atoms with Crippen molar-refractivity contribution in [2.75, 3.05) is 26.7 Å². The van der Waals surface area contributed by atoms with Gasteiger partial charge in [-0.25, -0.2) is 0 Å². The second kappa shape index (κ2) is 6.62. The van der Waals surface area contributed by atoms with Crippen LogP contribution < -0.4 is 0 Å². The molecule has 2 heterocycles. The molecule has 1 aromatic rings. The Balaban J connectivity index is 1.99. The first-order chi connectivity index (χ1) is 9.54. The van der Waals surface area contributed by atoms with Gasteiger partial charge in [-0.05, 0) is 30.9 Å². The Hall–Kier alpha value is -1.02. The maximum atomic E-state index is 12.4. The van der Waals surface area contributed by atoms with E-state index in [2.05, 4.69) is 4.98 Å². The summed E-state index contributed by atoms with van der Waals surface area (Å²) < 4.78 is 27.7. The van der Waals surface area contributed by atoms with E-state index in [0.717, 1.165) is 5.69 Å². The number of rotatable bonds is 5. The summed E-state index contributed by atoms with van der Waals surface area (Å²) in [6, 6.07) is 5.46. The van der Waals surface area contributed by atoms with E-state index >= 15 is 0 Å². The predicted octanol–water partition coefficient (Wildman–Crippen LogP) is 0.462. The number of piperidine rings is 1. The SMILES string of the molecule is CN(Cc1ccccn1)S(=O)(=O)N1CCC(CO)CC1. The van der Waals surface area contributed by atoms with Crippen LogP contribution in [0.15, 0.2) is 24.4 Å². The Kier molecular flexibility index (Phi) is 5.09. The first-order valence-corrected chi connectivity index (χ1v) is 8.16. The maximum absolute atomic E-state index is 12.4. The highest BCUT2D eigenvalue weighted by atomic mass is 32.2. The van der Waals surface area contributed by atoms with Gasteiger partial charge in [0.15, 0.2) is 0 Å². The maximum Gasteiger partial charge on any atom is 0.282 e. The molecule has 0 unspecified atom stereocenters. The van der Waals surface area contributed by atoms with E-state index in [0.29, 0.717) is 25.9 Å². The first-order valence-electron chi connectivity index (χ1n) is 6.76. The topological polar surface area (TPSA) is 73.7 Å². The van der Waals surface area contributed by atoms with Gasteiger partial charge in [0.1, 0.15) is 0 Å². The molecule has 6 nitrogen and oxygen atoms in total. The van der Waals surface area contributed by atoms with E-state index in [1.54, 1.807) is 19.3 Å². The molecule has 1 N–H and O–H groups in total. The molecule has 0 aromatic carbocycles. The lowest BCUT2D eigenvalue weighted by molar-refractivity contribution is 0.166. The van der Waals surface area contributed by atoms with Crippen LogP contribution in [0.2, 0.25) is 0 Å². The van der Waals surface area contributed by atoms with Gasteiger partial charge in [0.2, 0.25) is 0 Å². The molecule has 0 bridgehead atoms. The number of hydrogen-bond acceptors (Lipinski definition) is 4. The normalized spacial score (nSPS) is 18.6. The van der Waals surface area contributed by atoms with Crippen molar-refractivity contribution in [2.45, 2.75) is 19.4 Å². The monoisotopic (exact) mass is 299 g/mol. The van der Waals surface area contributed by atoms with Gasteiger partial charge >= 0.3 is 0 Å². The summed E-state index contributed by atoms with van der Waals surface area (Å²) in [6.07, 6.45) is 3.09. The van der Waals surface area contributed by atoms with Crippen LogP contribution in [0.5, 0.6) is 0 Å². The summed E-state index contributed by atoms with van der Waals surface area (Å²) >= 11 is 0. The highest BCUT2D eigenvalue weighted by molar-refractivity contribution is 7.86. The van der Waals surface area contributed by atoms with Crippen LogP contribution in [0, 0.1) is 5.92 Å². The average molecular weight is 299 g/mol. The van der Waals surface area contributed by atoms with Crippen molar-refractivity contribution in [3.8, 4) is 0 Å². The van der Waals surface area contributed by atoms with Gasteiger partial charge in [-0.15, -0.1) is 0 Å². The Morgan fingerprint density at radius 3 is 2.65 bits per heavy atom. The lowest BCUT2D eigenvalue weighted by Gasteiger charge is -2.33. The van der Waals surface area contributed by atoms with Crippen LogP contribution in [0.25, 0.3) is 0 Å². The van der Waals surface area contributed by atoms with Crippen molar-refractivity contribution in [3.05, 3.63) is 30.1 Å². The van der Waals surface area contributed by atoms with Gasteiger partial charge in [-0.1, -0.05) is 6.07 Å². The van der Waals surface area contributed by atoms with Crippen molar-refractivity contribution < 1.29 is 13.5 Å². The minimum Gasteiger partial charge on any atom is -0.396 e. The minimum absolute atomic E-state index is 0.137. The van der Waals surface area contributed by atoms with Gasteiger partial charge in [-0.2, -0.15) is 17.0 Å². The fourth-order valence-electron chi connectivity index (χ4n) is 2.32. The average Bonchev–Trinajstić information content (AvgIpc) is 2.48. The molecule has 0 saturated carbocycles. The molecule has 0 amide bonds. The summed E-state index contributed by atoms with van der Waals surface area (Å²) in [7, 11) is -1.88. The van der Waals surface area contributed by atoms with E-state index in [4.69, 9.17) is 5.11 Å². The van der Waals surface area contributed by atoms with Gasteiger partial charge in [0, 0.05) is 32.9 Å². The summed E-state index contributed by atoms with van der Waals surface area (Å²) in [5, 5.41) is 9.10. The Labute approximate surface area is 120 Å². The third-order valence-corrected chi connectivity index (χ3v) is 5.60. The minimum atomic E-state index is -3.45. The van der Waals surface area contributed by atoms with E-state index < -0.39 is 10.2 Å². The smallest absolute Gasteiger partial charge is 0.282 e. The van der Waals surface area contributed by atoms with Gasteiger partial charge in [-0.3, -0.25) is 4.98 Å². The van der Waals surface area contributed by atoms with E-state index in [-0.39, 0.29) is 19.1 Å². The van der Waals surface area contributed by atoms with E-state index in [9.17, 15) is 8.42 Å². The molecule has 2 rings (SSSR count). The molecular weight excluding hydrogens is 278 g/mol. The van der Waals surface area contributed by atoms with Crippen molar-refractivity contribution in [1.82, 2.24) is 13.6 Å². The molecule has 0 aliphatic carbocycles. The highest BCUT2D eigenvalue weighted by Gasteiger charge is 2.30. The number of aromatic nitrogens is 1. The zero-order valence-electron chi connectivity index (χ0n) is 11.6. The summed E-state index contributed by atoms with van der Waals surface area (Å²) in [4.78, 5) is 4.14. The second-order valence-electron chi connectivity index (χ2n) is 5.11. The standard InChI is InChI=1S/C13H21N3O3S/c1-15(10-13-4-2-3-7-14-13)20(18,19)16-8-5-12(11-17)6-9-16/h2-4,7,12,17H,5-6,8-11H2,1H3. The Morgan fingerprint density at radius 2 is 2.10 bits per heavy atom. The summed E-state index contributed by atoms with van der Waals surface area (Å²) in [5.41, 5.74) is 0.726. The number of pyridine rings is 1. The molecule has 0 atom stereocenters. The van der Waals surface area contributed by atoms with Crippen LogP contribution in [-0.4, -0.2) is 53.9 Å². The predicted molar refractivity (Wildman–Crippen MR) is 76.0 cm³/mol. The molecule has 1 aromatic heterocycles. The molecule has 0 radical (unpaired) electrons. The van der Waals surface area contributed by atoms with Crippen molar-refractivity contribution in [3.63, 3.8) is 0 Å². The molecule has 7 heteroatoms.